The van der Waals surface area contributed by atoms with Gasteiger partial charge in [-0.05, 0) is 72.8 Å². The summed E-state index contributed by atoms with van der Waals surface area (Å²) < 4.78 is 0. The summed E-state index contributed by atoms with van der Waals surface area (Å²) in [6, 6.07) is 22.2. The molecule has 50 heavy (non-hydrogen) atoms. The van der Waals surface area contributed by atoms with Crippen molar-refractivity contribution in [2.45, 2.75) is 56.0 Å². The molecule has 2 heterocycles. The third-order valence-corrected chi connectivity index (χ3v) is 10.1. The van der Waals surface area contributed by atoms with E-state index in [9.17, 15) is 24.0 Å². The molecule has 2 aliphatic heterocycles. The number of hydroxylamine groups is 1. The first-order valence-electron chi connectivity index (χ1n) is 16.7. The quantitative estimate of drug-likeness (QED) is 0.0280. The number of urea groups is 1. The Kier molecular flexibility index (Phi) is 13.2. The second kappa shape index (κ2) is 18.1. The van der Waals surface area contributed by atoms with Gasteiger partial charge in [-0.2, -0.15) is 11.8 Å². The van der Waals surface area contributed by atoms with Gasteiger partial charge >= 0.3 is 6.03 Å². The molecule has 13 heteroatoms. The van der Waals surface area contributed by atoms with E-state index in [1.165, 1.54) is 6.08 Å². The molecule has 0 aliphatic carbocycles. The van der Waals surface area contributed by atoms with E-state index in [0.717, 1.165) is 48.3 Å². The first-order chi connectivity index (χ1) is 24.3. The van der Waals surface area contributed by atoms with Crippen molar-refractivity contribution in [3.8, 4) is 0 Å². The molecule has 0 spiro atoms. The normalized spacial score (nSPS) is 17.9. The van der Waals surface area contributed by atoms with Gasteiger partial charge in [-0.1, -0.05) is 55.0 Å². The van der Waals surface area contributed by atoms with Crippen LogP contribution in [0.4, 0.5) is 10.5 Å². The van der Waals surface area contributed by atoms with Crippen LogP contribution < -0.4 is 32.1 Å². The van der Waals surface area contributed by atoms with E-state index in [2.05, 4.69) is 26.6 Å². The molecule has 0 bridgehead atoms. The van der Waals surface area contributed by atoms with Crippen LogP contribution in [0.3, 0.4) is 0 Å². The Labute approximate surface area is 295 Å². The highest BCUT2D eigenvalue weighted by atomic mass is 32.2. The number of hydrogen-bond donors (Lipinski definition) is 7. The van der Waals surface area contributed by atoms with Gasteiger partial charge in [0.2, 0.25) is 11.8 Å². The summed E-state index contributed by atoms with van der Waals surface area (Å²) in [5.41, 5.74) is 6.21. The zero-order valence-corrected chi connectivity index (χ0v) is 28.4. The molecule has 262 valence electrons. The highest BCUT2D eigenvalue weighted by Gasteiger charge is 2.42. The lowest BCUT2D eigenvalue weighted by atomic mass is 10.0. The summed E-state index contributed by atoms with van der Waals surface area (Å²) >= 11 is 1.85. The molecular weight excluding hydrogens is 657 g/mol. The molecule has 2 saturated heterocycles. The van der Waals surface area contributed by atoms with Crippen molar-refractivity contribution in [1.82, 2.24) is 26.7 Å². The third kappa shape index (κ3) is 10.8. The van der Waals surface area contributed by atoms with Crippen molar-refractivity contribution in [2.75, 3.05) is 24.2 Å². The number of rotatable bonds is 17. The van der Waals surface area contributed by atoms with Crippen LogP contribution in [0, 0.1) is 0 Å². The fourth-order valence-electron chi connectivity index (χ4n) is 5.86. The monoisotopic (exact) mass is 698 g/mol. The van der Waals surface area contributed by atoms with Gasteiger partial charge in [0.05, 0.1) is 18.6 Å². The average Bonchev–Trinajstić information content (AvgIpc) is 3.69. The van der Waals surface area contributed by atoms with E-state index in [1.807, 2.05) is 60.3 Å². The SMILES string of the molecule is O=C(/C=C/c1ccc(CNCCc2ccc(C(=O)c3ccc(NC(=O)CNC(=O)CCCC[C@@H]4SC[C@@H]5NC(=O)N[C@@H]54)cc3)cc2)cc1)NO. The minimum atomic E-state index is -0.582. The fourth-order valence-corrected chi connectivity index (χ4v) is 7.41. The Morgan fingerprint density at radius 2 is 1.56 bits per heavy atom. The van der Waals surface area contributed by atoms with Gasteiger partial charge in [0, 0.05) is 46.9 Å². The van der Waals surface area contributed by atoms with Crippen LogP contribution >= 0.6 is 11.8 Å². The Morgan fingerprint density at radius 1 is 0.860 bits per heavy atom. The number of carbonyl (C=O) groups is 5. The molecule has 5 rings (SSSR count). The zero-order valence-electron chi connectivity index (χ0n) is 27.6. The highest BCUT2D eigenvalue weighted by molar-refractivity contribution is 8.00. The standard InChI is InChI=1S/C37H42N6O6S/c44-32(4-2-1-3-31-35-30(23-50-31)41-37(48)42-35)39-22-34(46)40-29-16-14-28(15-17-29)36(47)27-12-9-25(10-13-27)19-20-38-21-26-7-5-24(6-8-26)11-18-33(45)43-49/h5-18,30-31,35,38,49H,1-4,19-23H2,(H,39,44)(H,40,46)(H,43,45)(H2,41,42,48)/b18-11+/t30-,31-,35-/m0/s1. The minimum Gasteiger partial charge on any atom is -0.347 e. The van der Waals surface area contributed by atoms with Crippen LogP contribution in [0.25, 0.3) is 6.08 Å². The third-order valence-electron chi connectivity index (χ3n) is 8.61. The minimum absolute atomic E-state index is 0.0993. The van der Waals surface area contributed by atoms with Gasteiger partial charge in [0.1, 0.15) is 0 Å². The molecule has 0 unspecified atom stereocenters. The number of carbonyl (C=O) groups excluding carboxylic acids is 5. The molecule has 2 fully saturated rings. The van der Waals surface area contributed by atoms with E-state index in [-0.39, 0.29) is 42.3 Å². The number of amides is 5. The lowest BCUT2D eigenvalue weighted by Gasteiger charge is -2.16. The second-order valence-corrected chi connectivity index (χ2v) is 13.5. The number of unbranched alkanes of at least 4 members (excludes halogenated alkanes) is 1. The molecule has 5 amide bonds. The van der Waals surface area contributed by atoms with Crippen LogP contribution in [-0.4, -0.2) is 70.9 Å². The summed E-state index contributed by atoms with van der Waals surface area (Å²) in [4.78, 5) is 60.3. The Bertz CT molecular complexity index is 1680. The number of fused-ring (bicyclic) bond motifs is 1. The first-order valence-corrected chi connectivity index (χ1v) is 17.7. The molecule has 7 N–H and O–H groups in total. The summed E-state index contributed by atoms with van der Waals surface area (Å²) in [7, 11) is 0. The summed E-state index contributed by atoms with van der Waals surface area (Å²) in [5, 5.41) is 23.6. The molecule has 3 atom stereocenters. The van der Waals surface area contributed by atoms with Gasteiger partial charge in [-0.25, -0.2) is 10.3 Å². The number of nitrogens with one attached hydrogen (secondary N) is 6. The van der Waals surface area contributed by atoms with E-state index in [0.29, 0.717) is 41.5 Å². The molecule has 12 nitrogen and oxygen atoms in total. The van der Waals surface area contributed by atoms with Crippen LogP contribution in [0.15, 0.2) is 78.9 Å². The summed E-state index contributed by atoms with van der Waals surface area (Å²) in [5.74, 6) is -0.318. The predicted molar refractivity (Wildman–Crippen MR) is 193 cm³/mol. The topological polar surface area (TPSA) is 178 Å². The van der Waals surface area contributed by atoms with Gasteiger partial charge in [-0.3, -0.25) is 24.4 Å². The number of benzene rings is 3. The molecule has 3 aromatic rings. The zero-order chi connectivity index (χ0) is 35.3. The van der Waals surface area contributed by atoms with Gasteiger partial charge < -0.3 is 26.6 Å². The molecule has 0 aromatic heterocycles. The van der Waals surface area contributed by atoms with Gasteiger partial charge in [0.25, 0.3) is 5.91 Å². The van der Waals surface area contributed by atoms with Crippen molar-refractivity contribution in [1.29, 1.82) is 0 Å². The van der Waals surface area contributed by atoms with Crippen LogP contribution in [0.5, 0.6) is 0 Å². The second-order valence-electron chi connectivity index (χ2n) is 12.3. The van der Waals surface area contributed by atoms with E-state index >= 15 is 0 Å². The largest absolute Gasteiger partial charge is 0.347 e. The maximum absolute atomic E-state index is 13.0. The van der Waals surface area contributed by atoms with Crippen molar-refractivity contribution in [3.63, 3.8) is 0 Å². The Morgan fingerprint density at radius 3 is 2.28 bits per heavy atom. The molecular formula is C37H42N6O6S. The Hall–Kier alpha value is -4.98. The molecule has 3 aromatic carbocycles. The lowest BCUT2D eigenvalue weighted by molar-refractivity contribution is -0.124. The maximum Gasteiger partial charge on any atom is 0.315 e. The Balaban J connectivity index is 0.956. The van der Waals surface area contributed by atoms with Crippen molar-refractivity contribution in [3.05, 3.63) is 107 Å². The van der Waals surface area contributed by atoms with Crippen molar-refractivity contribution >= 4 is 53.1 Å². The van der Waals surface area contributed by atoms with E-state index in [1.54, 1.807) is 35.8 Å². The maximum atomic E-state index is 13.0. The van der Waals surface area contributed by atoms with Crippen LogP contribution in [-0.2, 0) is 27.3 Å². The van der Waals surface area contributed by atoms with Crippen molar-refractivity contribution < 1.29 is 29.2 Å². The number of hydrogen-bond acceptors (Lipinski definition) is 8. The number of ketones is 1. The summed E-state index contributed by atoms with van der Waals surface area (Å²) in [6.07, 6.45) is 6.52. The molecule has 0 radical (unpaired) electrons. The van der Waals surface area contributed by atoms with E-state index in [4.69, 9.17) is 5.21 Å². The highest BCUT2D eigenvalue weighted by Crippen LogP contribution is 2.33. The smallest absolute Gasteiger partial charge is 0.315 e. The number of anilines is 1. The first kappa shape index (κ1) is 36.3. The molecule has 2 aliphatic rings. The van der Waals surface area contributed by atoms with Gasteiger partial charge in [0.15, 0.2) is 5.78 Å². The fraction of sp³-hybridized carbons (Fsp3) is 0.324. The summed E-state index contributed by atoms with van der Waals surface area (Å²) in [6.45, 7) is 1.30. The number of thioether (sulfide) groups is 1. The van der Waals surface area contributed by atoms with Crippen molar-refractivity contribution in [2.24, 2.45) is 0 Å². The predicted octanol–water partition coefficient (Wildman–Crippen LogP) is 3.55. The van der Waals surface area contributed by atoms with Crippen LogP contribution in [0.2, 0.25) is 0 Å². The molecule has 0 saturated carbocycles. The lowest BCUT2D eigenvalue weighted by Crippen LogP contribution is -2.36. The average molecular weight is 699 g/mol. The van der Waals surface area contributed by atoms with E-state index < -0.39 is 5.91 Å². The van der Waals surface area contributed by atoms with Crippen LogP contribution in [0.1, 0.15) is 58.3 Å². The van der Waals surface area contributed by atoms with Gasteiger partial charge in [-0.15, -0.1) is 0 Å².